The molecule has 2 fully saturated rings. The maximum atomic E-state index is 11.6. The number of rotatable bonds is 7. The van der Waals surface area contributed by atoms with Crippen molar-refractivity contribution in [3.8, 4) is 11.5 Å². The Hall–Kier alpha value is -3.18. The molecule has 0 aliphatic carbocycles. The molecule has 1 N–H and O–H groups in total. The Balaban J connectivity index is 1.09. The molecule has 7 rings (SSSR count). The molecular weight excluding hydrogens is 564 g/mol. The van der Waals surface area contributed by atoms with Gasteiger partial charge in [0.15, 0.2) is 11.5 Å². The number of aromatic nitrogens is 3. The third-order valence-corrected chi connectivity index (χ3v) is 9.79. The Morgan fingerprint density at radius 3 is 2.71 bits per heavy atom. The van der Waals surface area contributed by atoms with Gasteiger partial charge in [-0.2, -0.15) is 0 Å². The summed E-state index contributed by atoms with van der Waals surface area (Å²) in [7, 11) is 0. The van der Waals surface area contributed by atoms with E-state index in [0.29, 0.717) is 28.1 Å². The lowest BCUT2D eigenvalue weighted by Crippen LogP contribution is -2.37. The predicted molar refractivity (Wildman–Crippen MR) is 155 cm³/mol. The number of carbonyl (C=O) groups is 1. The summed E-state index contributed by atoms with van der Waals surface area (Å²) >= 11 is 7.28. The SMILES string of the molecule is CC(c1nc2sc(C(=O)O)cc2n1CC1CCO1)N1CCC(c2cccc3c2OC(C)(c2ccc(Cl)cn2)O3)CC1. The van der Waals surface area contributed by atoms with Crippen molar-refractivity contribution >= 4 is 39.3 Å². The number of ether oxygens (including phenoxy) is 3. The van der Waals surface area contributed by atoms with Gasteiger partial charge in [-0.1, -0.05) is 23.7 Å². The number of fused-ring (bicyclic) bond motifs is 2. The molecule has 4 aromatic rings. The molecule has 9 nitrogen and oxygen atoms in total. The number of hydrogen-bond donors (Lipinski definition) is 1. The number of carboxylic acid groups (broad SMARTS) is 1. The second-order valence-corrected chi connectivity index (χ2v) is 12.6. The third kappa shape index (κ3) is 4.76. The largest absolute Gasteiger partial charge is 0.477 e. The highest BCUT2D eigenvalue weighted by atomic mass is 35.5. The van der Waals surface area contributed by atoms with Crippen LogP contribution in [-0.4, -0.2) is 56.3 Å². The maximum Gasteiger partial charge on any atom is 0.346 e. The summed E-state index contributed by atoms with van der Waals surface area (Å²) in [6.07, 6.45) is 4.71. The van der Waals surface area contributed by atoms with Crippen molar-refractivity contribution in [2.75, 3.05) is 19.7 Å². The predicted octanol–water partition coefficient (Wildman–Crippen LogP) is 6.22. The number of benzene rings is 1. The van der Waals surface area contributed by atoms with Crippen LogP contribution in [0.5, 0.6) is 11.5 Å². The van der Waals surface area contributed by atoms with Crippen LogP contribution in [0.25, 0.3) is 10.3 Å². The molecule has 0 radical (unpaired) electrons. The van der Waals surface area contributed by atoms with E-state index >= 15 is 0 Å². The minimum Gasteiger partial charge on any atom is -0.477 e. The number of para-hydroxylation sites is 1. The summed E-state index contributed by atoms with van der Waals surface area (Å²) in [6.45, 7) is 7.37. The normalized spacial score (nSPS) is 23.5. The summed E-state index contributed by atoms with van der Waals surface area (Å²) in [5.74, 6) is 0.917. The summed E-state index contributed by atoms with van der Waals surface area (Å²) in [4.78, 5) is 24.5. The molecule has 3 aromatic heterocycles. The van der Waals surface area contributed by atoms with Crippen LogP contribution in [-0.2, 0) is 17.1 Å². The first-order valence-electron chi connectivity index (χ1n) is 14.0. The van der Waals surface area contributed by atoms with Gasteiger partial charge >= 0.3 is 5.97 Å². The van der Waals surface area contributed by atoms with Crippen molar-refractivity contribution in [2.24, 2.45) is 0 Å². The number of nitrogens with zero attached hydrogens (tertiary/aromatic N) is 4. The molecule has 0 saturated carbocycles. The van der Waals surface area contributed by atoms with Crippen LogP contribution in [0, 0.1) is 0 Å². The third-order valence-electron chi connectivity index (χ3n) is 8.56. The molecule has 0 amide bonds. The van der Waals surface area contributed by atoms with E-state index in [-0.39, 0.29) is 12.1 Å². The Bertz CT molecular complexity index is 1610. The Morgan fingerprint density at radius 1 is 1.22 bits per heavy atom. The molecule has 6 heterocycles. The highest BCUT2D eigenvalue weighted by Crippen LogP contribution is 2.49. The lowest BCUT2D eigenvalue weighted by Gasteiger charge is -2.37. The van der Waals surface area contributed by atoms with Gasteiger partial charge in [0, 0.05) is 25.3 Å². The molecular formula is C30H31ClN4O5S. The first kappa shape index (κ1) is 26.7. The molecule has 0 bridgehead atoms. The van der Waals surface area contributed by atoms with Gasteiger partial charge in [0.05, 0.1) is 29.2 Å². The molecule has 41 heavy (non-hydrogen) atoms. The number of likely N-dealkylation sites (tertiary alicyclic amines) is 1. The standard InChI is InChI=1S/C30H31ClN4O5S/c1-17(27-33-28-22(14-24(41-28)29(36)37)35(27)16-20-10-13-38-20)34-11-8-18(9-12-34)21-4-3-5-23-26(21)40-30(2,39-23)25-7-6-19(31)15-32-25/h3-7,14-15,17-18,20H,8-13,16H2,1-2H3,(H,36,37). The van der Waals surface area contributed by atoms with Crippen LogP contribution in [0.3, 0.4) is 0 Å². The lowest BCUT2D eigenvalue weighted by molar-refractivity contribution is -0.0722. The molecule has 11 heteroatoms. The van der Waals surface area contributed by atoms with Crippen molar-refractivity contribution in [1.29, 1.82) is 0 Å². The van der Waals surface area contributed by atoms with Gasteiger partial charge in [0.2, 0.25) is 0 Å². The number of aromatic carboxylic acids is 1. The number of halogens is 1. The highest BCUT2D eigenvalue weighted by Gasteiger charge is 2.42. The Kier molecular flexibility index (Phi) is 6.69. The van der Waals surface area contributed by atoms with Crippen LogP contribution in [0.15, 0.2) is 42.6 Å². The van der Waals surface area contributed by atoms with Crippen LogP contribution < -0.4 is 9.47 Å². The summed E-state index contributed by atoms with van der Waals surface area (Å²) in [6, 6.07) is 11.6. The van der Waals surface area contributed by atoms with Gasteiger partial charge in [-0.25, -0.2) is 9.78 Å². The Morgan fingerprint density at radius 2 is 2.02 bits per heavy atom. The van der Waals surface area contributed by atoms with Gasteiger partial charge in [-0.3, -0.25) is 9.88 Å². The number of carboxylic acids is 1. The minimum absolute atomic E-state index is 0.0873. The number of thiophene rings is 1. The van der Waals surface area contributed by atoms with Crippen molar-refractivity contribution in [3.05, 3.63) is 69.6 Å². The van der Waals surface area contributed by atoms with E-state index in [0.717, 1.165) is 72.2 Å². The van der Waals surface area contributed by atoms with Crippen LogP contribution >= 0.6 is 22.9 Å². The zero-order chi connectivity index (χ0) is 28.3. The van der Waals surface area contributed by atoms with E-state index in [1.165, 1.54) is 11.3 Å². The zero-order valence-corrected chi connectivity index (χ0v) is 24.5. The molecule has 3 aliphatic rings. The van der Waals surface area contributed by atoms with E-state index in [1.807, 2.05) is 25.1 Å². The highest BCUT2D eigenvalue weighted by molar-refractivity contribution is 7.20. The molecule has 0 spiro atoms. The fraction of sp³-hybridized carbons (Fsp3) is 0.433. The number of piperidine rings is 1. The van der Waals surface area contributed by atoms with E-state index in [4.69, 9.17) is 30.8 Å². The molecule has 3 aliphatic heterocycles. The monoisotopic (exact) mass is 594 g/mol. The van der Waals surface area contributed by atoms with E-state index in [9.17, 15) is 9.90 Å². The topological polar surface area (TPSA) is 98.9 Å². The quantitative estimate of drug-likeness (QED) is 0.269. The van der Waals surface area contributed by atoms with Gasteiger partial charge in [-0.05, 0) is 69.5 Å². The molecule has 2 saturated heterocycles. The summed E-state index contributed by atoms with van der Waals surface area (Å²) in [5.41, 5.74) is 2.72. The first-order chi connectivity index (χ1) is 19.8. The van der Waals surface area contributed by atoms with Gasteiger partial charge in [-0.15, -0.1) is 11.3 Å². The average Bonchev–Trinajstić information content (AvgIpc) is 3.62. The summed E-state index contributed by atoms with van der Waals surface area (Å²) < 4.78 is 20.6. The fourth-order valence-corrected chi connectivity index (χ4v) is 7.15. The lowest BCUT2D eigenvalue weighted by atomic mass is 9.88. The molecule has 3 atom stereocenters. The zero-order valence-electron chi connectivity index (χ0n) is 22.9. The van der Waals surface area contributed by atoms with E-state index in [2.05, 4.69) is 27.4 Å². The van der Waals surface area contributed by atoms with Gasteiger partial charge in [0.25, 0.3) is 5.79 Å². The maximum absolute atomic E-state index is 11.6. The van der Waals surface area contributed by atoms with Crippen LogP contribution in [0.2, 0.25) is 5.02 Å². The second kappa shape index (κ2) is 10.3. The smallest absolute Gasteiger partial charge is 0.346 e. The summed E-state index contributed by atoms with van der Waals surface area (Å²) in [5, 5.41) is 10.1. The van der Waals surface area contributed by atoms with E-state index < -0.39 is 11.8 Å². The Labute approximate surface area is 246 Å². The van der Waals surface area contributed by atoms with Crippen LogP contribution in [0.1, 0.15) is 71.8 Å². The molecule has 1 aromatic carbocycles. The number of imidazole rings is 1. The number of hydrogen-bond acceptors (Lipinski definition) is 8. The van der Waals surface area contributed by atoms with Gasteiger partial charge < -0.3 is 23.9 Å². The van der Waals surface area contributed by atoms with Crippen molar-refractivity contribution in [3.63, 3.8) is 0 Å². The average molecular weight is 595 g/mol. The first-order valence-corrected chi connectivity index (χ1v) is 15.2. The second-order valence-electron chi connectivity index (χ2n) is 11.1. The number of pyridine rings is 1. The molecule has 3 unspecified atom stereocenters. The van der Waals surface area contributed by atoms with Crippen LogP contribution in [0.4, 0.5) is 0 Å². The minimum atomic E-state index is -1.01. The fourth-order valence-electron chi connectivity index (χ4n) is 6.16. The van der Waals surface area contributed by atoms with Crippen molar-refractivity contribution in [2.45, 2.75) is 63.5 Å². The van der Waals surface area contributed by atoms with Crippen molar-refractivity contribution < 1.29 is 24.1 Å². The van der Waals surface area contributed by atoms with E-state index in [1.54, 1.807) is 18.3 Å². The van der Waals surface area contributed by atoms with Crippen molar-refractivity contribution in [1.82, 2.24) is 19.4 Å². The van der Waals surface area contributed by atoms with Gasteiger partial charge in [0.1, 0.15) is 21.2 Å². The molecule has 214 valence electrons.